The van der Waals surface area contributed by atoms with Gasteiger partial charge >= 0.3 is 0 Å². The molecular formula is C15H18N2O2. The Balaban J connectivity index is 2.05. The Labute approximate surface area is 112 Å². The highest BCUT2D eigenvalue weighted by atomic mass is 16.3. The maximum absolute atomic E-state index is 9.78. The lowest BCUT2D eigenvalue weighted by molar-refractivity contribution is 0.418. The molecule has 0 aliphatic carbocycles. The van der Waals surface area contributed by atoms with Gasteiger partial charge in [0.15, 0.2) is 0 Å². The van der Waals surface area contributed by atoms with Crippen molar-refractivity contribution in [2.24, 2.45) is 0 Å². The summed E-state index contributed by atoms with van der Waals surface area (Å²) < 4.78 is 0. The van der Waals surface area contributed by atoms with E-state index in [-0.39, 0.29) is 17.5 Å². The number of pyridine rings is 1. The van der Waals surface area contributed by atoms with Gasteiger partial charge in [-0.15, -0.1) is 0 Å². The molecule has 0 amide bonds. The van der Waals surface area contributed by atoms with Gasteiger partial charge in [0, 0.05) is 24.5 Å². The van der Waals surface area contributed by atoms with Gasteiger partial charge in [-0.3, -0.25) is 4.98 Å². The second-order valence-corrected chi connectivity index (χ2v) is 4.62. The van der Waals surface area contributed by atoms with Gasteiger partial charge in [-0.1, -0.05) is 12.1 Å². The van der Waals surface area contributed by atoms with Crippen molar-refractivity contribution in [3.63, 3.8) is 0 Å². The molecule has 3 N–H and O–H groups in total. The molecule has 0 fully saturated rings. The summed E-state index contributed by atoms with van der Waals surface area (Å²) in [4.78, 5) is 4.23. The first kappa shape index (κ1) is 13.4. The molecule has 0 aliphatic heterocycles. The molecule has 0 bridgehead atoms. The van der Waals surface area contributed by atoms with Crippen molar-refractivity contribution in [3.8, 4) is 11.5 Å². The van der Waals surface area contributed by atoms with Gasteiger partial charge in [0.2, 0.25) is 0 Å². The third-order valence-corrected chi connectivity index (χ3v) is 3.08. The molecule has 2 rings (SSSR count). The maximum Gasteiger partial charge on any atom is 0.124 e. The van der Waals surface area contributed by atoms with E-state index in [0.29, 0.717) is 12.1 Å². The first-order valence-corrected chi connectivity index (χ1v) is 6.23. The zero-order chi connectivity index (χ0) is 13.8. The standard InChI is InChI=1S/C15H18N2O2/c1-10-6-7-12(8-16-10)9-17-11(2)15-13(18)4-3-5-14(15)19/h3-8,11,17-19H,9H2,1-2H3. The minimum absolute atomic E-state index is 0.0991. The average molecular weight is 258 g/mol. The molecular weight excluding hydrogens is 240 g/mol. The highest BCUT2D eigenvalue weighted by Crippen LogP contribution is 2.32. The lowest BCUT2D eigenvalue weighted by Crippen LogP contribution is -2.18. The Hall–Kier alpha value is -2.07. The van der Waals surface area contributed by atoms with Crippen LogP contribution in [0, 0.1) is 6.92 Å². The van der Waals surface area contributed by atoms with Crippen LogP contribution in [-0.4, -0.2) is 15.2 Å². The third-order valence-electron chi connectivity index (χ3n) is 3.08. The fraction of sp³-hybridized carbons (Fsp3) is 0.267. The molecule has 100 valence electrons. The normalized spacial score (nSPS) is 12.3. The average Bonchev–Trinajstić information content (AvgIpc) is 2.38. The fourth-order valence-electron chi connectivity index (χ4n) is 1.96. The van der Waals surface area contributed by atoms with E-state index in [9.17, 15) is 10.2 Å². The van der Waals surface area contributed by atoms with Crippen LogP contribution in [0.3, 0.4) is 0 Å². The number of hydrogen-bond donors (Lipinski definition) is 3. The van der Waals surface area contributed by atoms with Crippen LogP contribution in [0.2, 0.25) is 0 Å². The van der Waals surface area contributed by atoms with Crippen LogP contribution in [0.1, 0.15) is 29.8 Å². The Kier molecular flexibility index (Phi) is 4.02. The Morgan fingerprint density at radius 3 is 2.42 bits per heavy atom. The molecule has 0 aliphatic rings. The van der Waals surface area contributed by atoms with Gasteiger partial charge in [0.25, 0.3) is 0 Å². The molecule has 4 nitrogen and oxygen atoms in total. The first-order valence-electron chi connectivity index (χ1n) is 6.23. The Morgan fingerprint density at radius 1 is 1.16 bits per heavy atom. The molecule has 0 saturated carbocycles. The molecule has 1 unspecified atom stereocenters. The van der Waals surface area contributed by atoms with Gasteiger partial charge < -0.3 is 15.5 Å². The number of rotatable bonds is 4. The molecule has 1 atom stereocenters. The smallest absolute Gasteiger partial charge is 0.124 e. The topological polar surface area (TPSA) is 65.4 Å². The largest absolute Gasteiger partial charge is 0.507 e. The summed E-state index contributed by atoms with van der Waals surface area (Å²) >= 11 is 0. The van der Waals surface area contributed by atoms with Crippen LogP contribution in [0.25, 0.3) is 0 Å². The van der Waals surface area contributed by atoms with Gasteiger partial charge in [0.05, 0.1) is 5.56 Å². The number of aromatic hydroxyl groups is 2. The van der Waals surface area contributed by atoms with Gasteiger partial charge in [-0.25, -0.2) is 0 Å². The number of benzene rings is 1. The van der Waals surface area contributed by atoms with E-state index < -0.39 is 0 Å². The van der Waals surface area contributed by atoms with Crippen molar-refractivity contribution in [1.82, 2.24) is 10.3 Å². The quantitative estimate of drug-likeness (QED) is 0.788. The van der Waals surface area contributed by atoms with E-state index >= 15 is 0 Å². The van der Waals surface area contributed by atoms with E-state index in [0.717, 1.165) is 11.3 Å². The van der Waals surface area contributed by atoms with E-state index in [2.05, 4.69) is 10.3 Å². The Bertz CT molecular complexity index is 532. The second-order valence-electron chi connectivity index (χ2n) is 4.62. The zero-order valence-electron chi connectivity index (χ0n) is 11.1. The van der Waals surface area contributed by atoms with Crippen LogP contribution < -0.4 is 5.32 Å². The minimum Gasteiger partial charge on any atom is -0.507 e. The van der Waals surface area contributed by atoms with Crippen LogP contribution in [0.15, 0.2) is 36.5 Å². The van der Waals surface area contributed by atoms with E-state index in [4.69, 9.17) is 0 Å². The summed E-state index contributed by atoms with van der Waals surface area (Å²) in [6, 6.07) is 8.57. The molecule has 0 spiro atoms. The first-order chi connectivity index (χ1) is 9.08. The fourth-order valence-corrected chi connectivity index (χ4v) is 1.96. The number of hydrogen-bond acceptors (Lipinski definition) is 4. The number of aryl methyl sites for hydroxylation is 1. The molecule has 1 aromatic carbocycles. The van der Waals surface area contributed by atoms with Gasteiger partial charge in [-0.2, -0.15) is 0 Å². The monoisotopic (exact) mass is 258 g/mol. The maximum atomic E-state index is 9.78. The summed E-state index contributed by atoms with van der Waals surface area (Å²) in [5.41, 5.74) is 2.56. The molecule has 19 heavy (non-hydrogen) atoms. The summed E-state index contributed by atoms with van der Waals surface area (Å²) in [6.07, 6.45) is 1.82. The van der Waals surface area contributed by atoms with Gasteiger partial charge in [-0.05, 0) is 37.6 Å². The second kappa shape index (κ2) is 5.71. The number of nitrogens with zero attached hydrogens (tertiary/aromatic N) is 1. The van der Waals surface area contributed by atoms with Crippen molar-refractivity contribution in [3.05, 3.63) is 53.3 Å². The predicted octanol–water partition coefficient (Wildman–Crippen LogP) is 2.65. The lowest BCUT2D eigenvalue weighted by atomic mass is 10.1. The highest BCUT2D eigenvalue weighted by molar-refractivity contribution is 5.44. The van der Waals surface area contributed by atoms with E-state index in [1.807, 2.05) is 32.2 Å². The molecule has 4 heteroatoms. The SMILES string of the molecule is Cc1ccc(CNC(C)c2c(O)cccc2O)cn1. The van der Waals surface area contributed by atoms with Crippen LogP contribution >= 0.6 is 0 Å². The van der Waals surface area contributed by atoms with Gasteiger partial charge in [0.1, 0.15) is 11.5 Å². The number of nitrogens with one attached hydrogen (secondary N) is 1. The number of aromatic nitrogens is 1. The van der Waals surface area contributed by atoms with Crippen molar-refractivity contribution >= 4 is 0 Å². The molecule has 0 radical (unpaired) electrons. The number of phenolic OH excluding ortho intramolecular Hbond substituents is 2. The van der Waals surface area contributed by atoms with Crippen molar-refractivity contribution in [2.45, 2.75) is 26.4 Å². The van der Waals surface area contributed by atoms with Crippen LogP contribution in [0.4, 0.5) is 0 Å². The predicted molar refractivity (Wildman–Crippen MR) is 74.0 cm³/mol. The zero-order valence-corrected chi connectivity index (χ0v) is 11.1. The summed E-state index contributed by atoms with van der Waals surface area (Å²) in [7, 11) is 0. The highest BCUT2D eigenvalue weighted by Gasteiger charge is 2.14. The minimum atomic E-state index is -0.150. The van der Waals surface area contributed by atoms with E-state index in [1.54, 1.807) is 18.2 Å². The third kappa shape index (κ3) is 3.23. The Morgan fingerprint density at radius 2 is 1.84 bits per heavy atom. The molecule has 2 aromatic rings. The molecule has 1 heterocycles. The summed E-state index contributed by atoms with van der Waals surface area (Å²) in [5, 5.41) is 22.8. The number of phenols is 2. The van der Waals surface area contributed by atoms with Crippen LogP contribution in [0.5, 0.6) is 11.5 Å². The van der Waals surface area contributed by atoms with Crippen molar-refractivity contribution in [2.75, 3.05) is 0 Å². The lowest BCUT2D eigenvalue weighted by Gasteiger charge is -2.16. The van der Waals surface area contributed by atoms with Crippen molar-refractivity contribution in [1.29, 1.82) is 0 Å². The summed E-state index contributed by atoms with van der Waals surface area (Å²) in [6.45, 7) is 4.47. The van der Waals surface area contributed by atoms with Crippen LogP contribution in [-0.2, 0) is 6.54 Å². The van der Waals surface area contributed by atoms with Crippen molar-refractivity contribution < 1.29 is 10.2 Å². The molecule has 0 saturated heterocycles. The molecule has 1 aromatic heterocycles. The van der Waals surface area contributed by atoms with E-state index in [1.165, 1.54) is 0 Å². The summed E-state index contributed by atoms with van der Waals surface area (Å²) in [5.74, 6) is 0.198.